The van der Waals surface area contributed by atoms with Crippen LogP contribution in [-0.4, -0.2) is 15.6 Å². The Morgan fingerprint density at radius 2 is 1.94 bits per heavy atom. The number of ketones is 1. The molecule has 1 saturated carbocycles. The molecule has 2 aromatic rings. The summed E-state index contributed by atoms with van der Waals surface area (Å²) in [5.41, 5.74) is 2.84. The number of Topliss-reactive ketones (excluding diaryl/α,β-unsaturated/α-hetero) is 1. The number of hydrogen-bond donors (Lipinski definition) is 0. The number of rotatable bonds is 3. The molecule has 92 valence electrons. The lowest BCUT2D eigenvalue weighted by atomic mass is 9.97. The Kier molecular flexibility index (Phi) is 2.37. The molecule has 1 aromatic carbocycles. The van der Waals surface area contributed by atoms with Gasteiger partial charge in [-0.05, 0) is 25.8 Å². The van der Waals surface area contributed by atoms with Gasteiger partial charge in [-0.25, -0.2) is 0 Å². The fourth-order valence-corrected chi connectivity index (χ4v) is 2.58. The Bertz CT molecular complexity index is 594. The Morgan fingerprint density at radius 1 is 1.28 bits per heavy atom. The van der Waals surface area contributed by atoms with Gasteiger partial charge in [-0.15, -0.1) is 0 Å². The maximum atomic E-state index is 11.8. The van der Waals surface area contributed by atoms with Gasteiger partial charge in [0.2, 0.25) is 0 Å². The molecule has 1 aromatic heterocycles. The molecule has 0 N–H and O–H groups in total. The van der Waals surface area contributed by atoms with Crippen molar-refractivity contribution in [3.8, 4) is 11.3 Å². The van der Waals surface area contributed by atoms with Crippen molar-refractivity contribution in [1.82, 2.24) is 9.78 Å². The highest BCUT2D eigenvalue weighted by Crippen LogP contribution is 2.49. The molecule has 1 heterocycles. The number of nitrogens with zero attached hydrogens (tertiary/aromatic N) is 2. The molecule has 0 bridgehead atoms. The lowest BCUT2D eigenvalue weighted by Crippen LogP contribution is -2.20. The van der Waals surface area contributed by atoms with Gasteiger partial charge in [0.1, 0.15) is 5.78 Å². The summed E-state index contributed by atoms with van der Waals surface area (Å²) in [6, 6.07) is 12.1. The molecule has 0 aliphatic heterocycles. The molecule has 0 radical (unpaired) electrons. The van der Waals surface area contributed by atoms with E-state index in [2.05, 4.69) is 11.2 Å². The van der Waals surface area contributed by atoms with Crippen molar-refractivity contribution in [3.63, 3.8) is 0 Å². The second-order valence-corrected chi connectivity index (χ2v) is 5.04. The number of carbonyl (C=O) groups is 1. The molecule has 1 aliphatic carbocycles. The van der Waals surface area contributed by atoms with Crippen LogP contribution in [0.2, 0.25) is 0 Å². The smallest absolute Gasteiger partial charge is 0.141 e. The summed E-state index contributed by atoms with van der Waals surface area (Å²) in [7, 11) is 1.92. The van der Waals surface area contributed by atoms with Crippen LogP contribution in [0, 0.1) is 0 Å². The van der Waals surface area contributed by atoms with E-state index in [1.165, 1.54) is 0 Å². The molecule has 1 aliphatic rings. The minimum absolute atomic E-state index is 0.255. The summed E-state index contributed by atoms with van der Waals surface area (Å²) in [5.74, 6) is 0.255. The van der Waals surface area contributed by atoms with Crippen LogP contribution >= 0.6 is 0 Å². The van der Waals surface area contributed by atoms with Gasteiger partial charge in [0.05, 0.1) is 16.8 Å². The van der Waals surface area contributed by atoms with Crippen molar-refractivity contribution >= 4 is 5.78 Å². The third-order valence-electron chi connectivity index (χ3n) is 3.86. The molecule has 0 atom stereocenters. The van der Waals surface area contributed by atoms with Gasteiger partial charge in [0, 0.05) is 12.6 Å². The number of carbonyl (C=O) groups excluding carboxylic acids is 1. The van der Waals surface area contributed by atoms with Crippen molar-refractivity contribution in [2.24, 2.45) is 7.05 Å². The highest BCUT2D eigenvalue weighted by Gasteiger charge is 2.51. The van der Waals surface area contributed by atoms with Crippen LogP contribution in [0.1, 0.15) is 25.5 Å². The van der Waals surface area contributed by atoms with Gasteiger partial charge >= 0.3 is 0 Å². The first-order valence-electron chi connectivity index (χ1n) is 6.24. The van der Waals surface area contributed by atoms with Crippen LogP contribution in [0.4, 0.5) is 0 Å². The van der Waals surface area contributed by atoms with Crippen molar-refractivity contribution in [3.05, 3.63) is 42.1 Å². The van der Waals surface area contributed by atoms with Crippen LogP contribution in [0.15, 0.2) is 36.4 Å². The zero-order chi connectivity index (χ0) is 12.8. The average molecular weight is 240 g/mol. The number of hydrogen-bond acceptors (Lipinski definition) is 2. The average Bonchev–Trinajstić information content (AvgIpc) is 3.09. The highest BCUT2D eigenvalue weighted by atomic mass is 16.1. The minimum atomic E-state index is -0.255. The number of aryl methyl sites for hydroxylation is 1. The van der Waals surface area contributed by atoms with Gasteiger partial charge in [0.15, 0.2) is 0 Å². The van der Waals surface area contributed by atoms with Gasteiger partial charge in [0.25, 0.3) is 0 Å². The molecule has 3 nitrogen and oxygen atoms in total. The summed E-state index contributed by atoms with van der Waals surface area (Å²) < 4.78 is 1.86. The van der Waals surface area contributed by atoms with Crippen LogP contribution in [0.25, 0.3) is 11.3 Å². The standard InChI is InChI=1S/C15H16N2O/c1-11(18)15(8-9-15)14-10-13(16-17(14)2)12-6-4-3-5-7-12/h3-7,10H,8-9H2,1-2H3. The first-order chi connectivity index (χ1) is 8.63. The fourth-order valence-electron chi connectivity index (χ4n) is 2.58. The predicted octanol–water partition coefficient (Wildman–Crippen LogP) is 2.71. The van der Waals surface area contributed by atoms with Gasteiger partial charge in [-0.1, -0.05) is 30.3 Å². The second kappa shape index (κ2) is 3.80. The normalized spacial score (nSPS) is 16.6. The molecular formula is C15H16N2O. The third kappa shape index (κ3) is 1.58. The molecule has 3 rings (SSSR count). The number of aromatic nitrogens is 2. The summed E-state index contributed by atoms with van der Waals surface area (Å²) in [6.45, 7) is 1.68. The predicted molar refractivity (Wildman–Crippen MR) is 70.2 cm³/mol. The van der Waals surface area contributed by atoms with E-state index in [9.17, 15) is 4.79 Å². The topological polar surface area (TPSA) is 34.9 Å². The van der Waals surface area contributed by atoms with Crippen molar-refractivity contribution in [2.45, 2.75) is 25.2 Å². The molecular weight excluding hydrogens is 224 g/mol. The quantitative estimate of drug-likeness (QED) is 0.826. The maximum absolute atomic E-state index is 11.8. The van der Waals surface area contributed by atoms with Crippen molar-refractivity contribution < 1.29 is 4.79 Å². The summed E-state index contributed by atoms with van der Waals surface area (Å²) in [4.78, 5) is 11.8. The minimum Gasteiger partial charge on any atom is -0.299 e. The first-order valence-corrected chi connectivity index (χ1v) is 6.24. The molecule has 0 spiro atoms. The van der Waals surface area contributed by atoms with Gasteiger partial charge < -0.3 is 0 Å². The summed E-state index contributed by atoms with van der Waals surface area (Å²) >= 11 is 0. The molecule has 1 fully saturated rings. The van der Waals surface area contributed by atoms with Crippen LogP contribution in [0.5, 0.6) is 0 Å². The van der Waals surface area contributed by atoms with E-state index in [0.717, 1.165) is 29.8 Å². The fraction of sp³-hybridized carbons (Fsp3) is 0.333. The Balaban J connectivity index is 2.05. The van der Waals surface area contributed by atoms with E-state index >= 15 is 0 Å². The second-order valence-electron chi connectivity index (χ2n) is 5.04. The molecule has 3 heteroatoms. The lowest BCUT2D eigenvalue weighted by Gasteiger charge is -2.10. The van der Waals surface area contributed by atoms with E-state index in [-0.39, 0.29) is 11.2 Å². The van der Waals surface area contributed by atoms with E-state index in [1.807, 2.05) is 42.1 Å². The van der Waals surface area contributed by atoms with E-state index in [0.29, 0.717) is 0 Å². The zero-order valence-corrected chi connectivity index (χ0v) is 10.7. The SMILES string of the molecule is CC(=O)C1(c2cc(-c3ccccc3)nn2C)CC1. The highest BCUT2D eigenvalue weighted by molar-refractivity contribution is 5.91. The molecule has 0 amide bonds. The largest absolute Gasteiger partial charge is 0.299 e. The van der Waals surface area contributed by atoms with Crippen LogP contribution in [0.3, 0.4) is 0 Å². The zero-order valence-electron chi connectivity index (χ0n) is 10.7. The van der Waals surface area contributed by atoms with Crippen LogP contribution < -0.4 is 0 Å². The molecule has 0 saturated heterocycles. The monoisotopic (exact) mass is 240 g/mol. The van der Waals surface area contributed by atoms with Gasteiger partial charge in [-0.2, -0.15) is 5.10 Å². The summed E-state index contributed by atoms with van der Waals surface area (Å²) in [5, 5.41) is 4.53. The van der Waals surface area contributed by atoms with Crippen molar-refractivity contribution in [2.75, 3.05) is 0 Å². The van der Waals surface area contributed by atoms with E-state index in [4.69, 9.17) is 0 Å². The molecule has 18 heavy (non-hydrogen) atoms. The number of benzene rings is 1. The maximum Gasteiger partial charge on any atom is 0.141 e. The summed E-state index contributed by atoms with van der Waals surface area (Å²) in [6.07, 6.45) is 1.91. The Hall–Kier alpha value is -1.90. The lowest BCUT2D eigenvalue weighted by molar-refractivity contribution is -0.119. The molecule has 0 unspecified atom stereocenters. The van der Waals surface area contributed by atoms with E-state index < -0.39 is 0 Å². The Morgan fingerprint density at radius 3 is 2.50 bits per heavy atom. The van der Waals surface area contributed by atoms with E-state index in [1.54, 1.807) is 6.92 Å². The van der Waals surface area contributed by atoms with Crippen LogP contribution in [-0.2, 0) is 17.3 Å². The first kappa shape index (κ1) is 11.2. The van der Waals surface area contributed by atoms with Crippen molar-refractivity contribution in [1.29, 1.82) is 0 Å². The van der Waals surface area contributed by atoms with Gasteiger partial charge in [-0.3, -0.25) is 9.48 Å². The Labute approximate surface area is 106 Å². The third-order valence-corrected chi connectivity index (χ3v) is 3.86.